The molecule has 0 radical (unpaired) electrons. The van der Waals surface area contributed by atoms with E-state index in [4.69, 9.17) is 0 Å². The first kappa shape index (κ1) is 22.1. The molecule has 3 aliphatic rings. The summed E-state index contributed by atoms with van der Waals surface area (Å²) in [5.74, 6) is 1.62. The molecule has 0 amide bonds. The number of hydrogen-bond donors (Lipinski definition) is 2. The van der Waals surface area contributed by atoms with Crippen LogP contribution in [0.25, 0.3) is 0 Å². The number of hydrogen-bond acceptors (Lipinski definition) is 4. The van der Waals surface area contributed by atoms with Crippen molar-refractivity contribution in [1.29, 1.82) is 0 Å². The van der Waals surface area contributed by atoms with Crippen LogP contribution in [0.2, 0.25) is 0 Å². The quantitative estimate of drug-likeness (QED) is 0.544. The fraction of sp³-hybridized carbons (Fsp3) is 0.792. The van der Waals surface area contributed by atoms with Gasteiger partial charge in [0.05, 0.1) is 0 Å². The number of thiophene rings is 1. The molecule has 0 aromatic carbocycles. The van der Waals surface area contributed by atoms with E-state index in [-0.39, 0.29) is 0 Å². The summed E-state index contributed by atoms with van der Waals surface area (Å²) in [7, 11) is 4.19. The first-order chi connectivity index (χ1) is 14.7. The molecular weight excluding hydrogens is 390 g/mol. The van der Waals surface area contributed by atoms with E-state index >= 15 is 0 Å². The molecule has 0 spiro atoms. The number of rotatable bonds is 5. The zero-order chi connectivity index (χ0) is 20.8. The first-order valence-electron chi connectivity index (χ1n) is 12.2. The van der Waals surface area contributed by atoms with Crippen LogP contribution in [-0.4, -0.2) is 68.1 Å². The van der Waals surface area contributed by atoms with E-state index in [1.807, 2.05) is 18.4 Å². The van der Waals surface area contributed by atoms with Crippen LogP contribution >= 0.6 is 11.3 Å². The Balaban J connectivity index is 1.25. The normalized spacial score (nSPS) is 28.5. The second-order valence-electron chi connectivity index (χ2n) is 9.54. The third-order valence-corrected chi connectivity index (χ3v) is 8.50. The van der Waals surface area contributed by atoms with Gasteiger partial charge in [-0.3, -0.25) is 9.89 Å². The lowest BCUT2D eigenvalue weighted by Gasteiger charge is -2.40. The molecule has 6 heteroatoms. The monoisotopic (exact) mass is 431 g/mol. The SMILES string of the molecule is CN=C(NCC1CCCN(C)C1c1cccs1)NC1CCN(C2CCCCC2)CC1. The van der Waals surface area contributed by atoms with Gasteiger partial charge in [-0.05, 0) is 69.5 Å². The minimum Gasteiger partial charge on any atom is -0.356 e. The average molecular weight is 432 g/mol. The Labute approximate surface area is 187 Å². The molecule has 1 aromatic rings. The van der Waals surface area contributed by atoms with Gasteiger partial charge >= 0.3 is 0 Å². The summed E-state index contributed by atoms with van der Waals surface area (Å²) in [5, 5.41) is 9.62. The topological polar surface area (TPSA) is 42.9 Å². The maximum atomic E-state index is 4.55. The Bertz CT molecular complexity index is 647. The van der Waals surface area contributed by atoms with Gasteiger partial charge in [0.15, 0.2) is 5.96 Å². The number of aliphatic imine (C=N–C) groups is 1. The maximum Gasteiger partial charge on any atom is 0.191 e. The molecule has 30 heavy (non-hydrogen) atoms. The van der Waals surface area contributed by atoms with Crippen LogP contribution in [0.1, 0.15) is 68.7 Å². The van der Waals surface area contributed by atoms with Crippen LogP contribution in [0.5, 0.6) is 0 Å². The summed E-state index contributed by atoms with van der Waals surface area (Å²) in [4.78, 5) is 11.4. The molecule has 5 nitrogen and oxygen atoms in total. The number of guanidine groups is 1. The van der Waals surface area contributed by atoms with E-state index in [1.54, 1.807) is 0 Å². The van der Waals surface area contributed by atoms with E-state index in [0.29, 0.717) is 18.0 Å². The third kappa shape index (κ3) is 5.57. The Kier molecular flexibility index (Phi) is 8.07. The molecule has 3 fully saturated rings. The van der Waals surface area contributed by atoms with Crippen molar-refractivity contribution < 1.29 is 0 Å². The highest BCUT2D eigenvalue weighted by Crippen LogP contribution is 2.36. The van der Waals surface area contributed by atoms with E-state index < -0.39 is 0 Å². The lowest BCUT2D eigenvalue weighted by atomic mass is 9.88. The second kappa shape index (κ2) is 11.0. The van der Waals surface area contributed by atoms with E-state index in [1.165, 1.54) is 82.3 Å². The molecule has 0 bridgehead atoms. The van der Waals surface area contributed by atoms with Gasteiger partial charge in [0.25, 0.3) is 0 Å². The van der Waals surface area contributed by atoms with Crippen molar-refractivity contribution in [3.63, 3.8) is 0 Å². The fourth-order valence-electron chi connectivity index (χ4n) is 5.85. The van der Waals surface area contributed by atoms with Crippen molar-refractivity contribution >= 4 is 17.3 Å². The smallest absolute Gasteiger partial charge is 0.191 e. The molecule has 4 rings (SSSR count). The van der Waals surface area contributed by atoms with Crippen molar-refractivity contribution in [2.75, 3.05) is 40.3 Å². The average Bonchev–Trinajstić information content (AvgIpc) is 3.32. The van der Waals surface area contributed by atoms with Gasteiger partial charge < -0.3 is 15.5 Å². The summed E-state index contributed by atoms with van der Waals surface area (Å²) >= 11 is 1.90. The number of nitrogens with zero attached hydrogens (tertiary/aromatic N) is 3. The van der Waals surface area contributed by atoms with Crippen LogP contribution in [0.3, 0.4) is 0 Å². The largest absolute Gasteiger partial charge is 0.356 e. The summed E-state index contributed by atoms with van der Waals surface area (Å²) in [5.41, 5.74) is 0. The van der Waals surface area contributed by atoms with Gasteiger partial charge in [0.1, 0.15) is 0 Å². The van der Waals surface area contributed by atoms with Crippen LogP contribution < -0.4 is 10.6 Å². The van der Waals surface area contributed by atoms with E-state index in [2.05, 4.69) is 50.0 Å². The molecule has 2 N–H and O–H groups in total. The van der Waals surface area contributed by atoms with Crippen LogP contribution in [0, 0.1) is 5.92 Å². The van der Waals surface area contributed by atoms with Gasteiger partial charge in [-0.25, -0.2) is 0 Å². The second-order valence-corrected chi connectivity index (χ2v) is 10.5. The Hall–Kier alpha value is -1.11. The molecule has 2 atom stereocenters. The Morgan fingerprint density at radius 2 is 1.87 bits per heavy atom. The first-order valence-corrected chi connectivity index (χ1v) is 13.1. The minimum atomic E-state index is 0.531. The van der Waals surface area contributed by atoms with Crippen molar-refractivity contribution in [3.05, 3.63) is 22.4 Å². The highest BCUT2D eigenvalue weighted by Gasteiger charge is 2.31. The summed E-state index contributed by atoms with van der Waals surface area (Å²) < 4.78 is 0. The predicted octanol–water partition coefficient (Wildman–Crippen LogP) is 4.09. The highest BCUT2D eigenvalue weighted by molar-refractivity contribution is 7.10. The van der Waals surface area contributed by atoms with Gasteiger partial charge in [-0.15, -0.1) is 11.3 Å². The van der Waals surface area contributed by atoms with Crippen LogP contribution in [0.15, 0.2) is 22.5 Å². The molecule has 3 heterocycles. The minimum absolute atomic E-state index is 0.531. The number of likely N-dealkylation sites (tertiary alicyclic amines) is 2. The van der Waals surface area contributed by atoms with Gasteiger partial charge in [-0.1, -0.05) is 25.3 Å². The third-order valence-electron chi connectivity index (χ3n) is 7.56. The standard InChI is InChI=1S/C24H41N5S/c1-25-24(27-20-12-15-29(16-13-20)21-9-4-3-5-10-21)26-18-19-8-6-14-28(2)23(19)22-11-7-17-30-22/h7,11,17,19-21,23H,3-6,8-10,12-16,18H2,1-2H3,(H2,25,26,27). The zero-order valence-electron chi connectivity index (χ0n) is 19.0. The zero-order valence-corrected chi connectivity index (χ0v) is 19.8. The van der Waals surface area contributed by atoms with Crippen molar-refractivity contribution in [1.82, 2.24) is 20.4 Å². The molecular formula is C24H41N5S. The van der Waals surface area contributed by atoms with Gasteiger partial charge in [0.2, 0.25) is 0 Å². The van der Waals surface area contributed by atoms with Crippen LogP contribution in [0.4, 0.5) is 0 Å². The number of nitrogens with one attached hydrogen (secondary N) is 2. The molecule has 2 unspecified atom stereocenters. The number of piperidine rings is 2. The summed E-state index contributed by atoms with van der Waals surface area (Å²) in [6.45, 7) is 4.68. The van der Waals surface area contributed by atoms with E-state index in [0.717, 1.165) is 18.5 Å². The molecule has 1 aliphatic carbocycles. The predicted molar refractivity (Wildman–Crippen MR) is 128 cm³/mol. The van der Waals surface area contributed by atoms with Crippen molar-refractivity contribution in [2.24, 2.45) is 10.9 Å². The van der Waals surface area contributed by atoms with Crippen molar-refractivity contribution in [2.45, 2.75) is 75.9 Å². The summed E-state index contributed by atoms with van der Waals surface area (Å²) in [6.07, 6.45) is 12.2. The molecule has 1 saturated carbocycles. The lowest BCUT2D eigenvalue weighted by molar-refractivity contribution is 0.118. The molecule has 168 valence electrons. The van der Waals surface area contributed by atoms with Crippen molar-refractivity contribution in [3.8, 4) is 0 Å². The highest BCUT2D eigenvalue weighted by atomic mass is 32.1. The molecule has 1 aromatic heterocycles. The fourth-order valence-corrected chi connectivity index (χ4v) is 6.84. The lowest BCUT2D eigenvalue weighted by Crippen LogP contribution is -2.52. The van der Waals surface area contributed by atoms with Gasteiger partial charge in [0, 0.05) is 49.7 Å². The molecule has 2 saturated heterocycles. The Morgan fingerprint density at radius 1 is 1.07 bits per heavy atom. The Morgan fingerprint density at radius 3 is 2.57 bits per heavy atom. The molecule has 2 aliphatic heterocycles. The summed E-state index contributed by atoms with van der Waals surface area (Å²) in [6, 6.07) is 6.43. The van der Waals surface area contributed by atoms with E-state index in [9.17, 15) is 0 Å². The van der Waals surface area contributed by atoms with Gasteiger partial charge in [-0.2, -0.15) is 0 Å². The maximum absolute atomic E-state index is 4.55. The van der Waals surface area contributed by atoms with Crippen LogP contribution in [-0.2, 0) is 0 Å².